The molecular weight excluding hydrogens is 406 g/mol. The summed E-state index contributed by atoms with van der Waals surface area (Å²) >= 11 is 3.06. The van der Waals surface area contributed by atoms with Crippen molar-refractivity contribution < 1.29 is 19.0 Å². The SMILES string of the molecule is Cc1ccccc1-c1noc(COC(=O)c2ccc(Br)c([N+](=O)[O-])c2)n1. The van der Waals surface area contributed by atoms with Gasteiger partial charge in [0, 0.05) is 11.6 Å². The number of nitro groups is 1. The molecule has 0 aliphatic rings. The van der Waals surface area contributed by atoms with E-state index < -0.39 is 10.9 Å². The van der Waals surface area contributed by atoms with Gasteiger partial charge in [0.2, 0.25) is 5.82 Å². The molecule has 0 amide bonds. The Bertz CT molecular complexity index is 986. The molecule has 0 atom stereocenters. The molecule has 0 saturated heterocycles. The van der Waals surface area contributed by atoms with E-state index in [9.17, 15) is 14.9 Å². The summed E-state index contributed by atoms with van der Waals surface area (Å²) in [6, 6.07) is 11.5. The van der Waals surface area contributed by atoms with Crippen LogP contribution in [0.2, 0.25) is 0 Å². The average Bonchev–Trinajstić information content (AvgIpc) is 3.09. The van der Waals surface area contributed by atoms with Gasteiger partial charge in [-0.05, 0) is 40.5 Å². The highest BCUT2D eigenvalue weighted by Crippen LogP contribution is 2.26. The van der Waals surface area contributed by atoms with Gasteiger partial charge in [-0.1, -0.05) is 29.4 Å². The standard InChI is InChI=1S/C17H12BrN3O5/c1-10-4-2-3-5-12(10)16-19-15(26-20-16)9-25-17(22)11-6-7-13(18)14(8-11)21(23)24/h2-8H,9H2,1H3. The molecule has 0 saturated carbocycles. The predicted octanol–water partition coefficient (Wildman–Crippen LogP) is 4.07. The Morgan fingerprint density at radius 2 is 2.08 bits per heavy atom. The number of aromatic nitrogens is 2. The largest absolute Gasteiger partial charge is 0.452 e. The van der Waals surface area contributed by atoms with Crippen molar-refractivity contribution in [2.75, 3.05) is 0 Å². The summed E-state index contributed by atoms with van der Waals surface area (Å²) < 4.78 is 10.5. The van der Waals surface area contributed by atoms with Crippen molar-refractivity contribution in [1.29, 1.82) is 0 Å². The van der Waals surface area contributed by atoms with Crippen LogP contribution in [0.3, 0.4) is 0 Å². The molecule has 3 rings (SSSR count). The van der Waals surface area contributed by atoms with E-state index in [1.807, 2.05) is 31.2 Å². The van der Waals surface area contributed by atoms with E-state index in [0.717, 1.165) is 17.2 Å². The summed E-state index contributed by atoms with van der Waals surface area (Å²) in [7, 11) is 0. The zero-order valence-electron chi connectivity index (χ0n) is 13.5. The normalized spacial score (nSPS) is 10.5. The Kier molecular flexibility index (Phi) is 5.08. The zero-order valence-corrected chi connectivity index (χ0v) is 15.1. The number of aryl methyl sites for hydroxylation is 1. The second-order valence-corrected chi connectivity index (χ2v) is 6.18. The molecule has 3 aromatic rings. The molecule has 0 unspecified atom stereocenters. The van der Waals surface area contributed by atoms with Gasteiger partial charge in [0.15, 0.2) is 6.61 Å². The lowest BCUT2D eigenvalue weighted by Gasteiger charge is -2.03. The number of nitro benzene ring substituents is 1. The molecule has 8 nitrogen and oxygen atoms in total. The molecule has 132 valence electrons. The van der Waals surface area contributed by atoms with Gasteiger partial charge in [-0.3, -0.25) is 10.1 Å². The third kappa shape index (κ3) is 3.77. The molecule has 0 fully saturated rings. The molecule has 2 aromatic carbocycles. The zero-order chi connectivity index (χ0) is 18.7. The molecule has 0 bridgehead atoms. The summed E-state index contributed by atoms with van der Waals surface area (Å²) in [6.07, 6.45) is 0. The minimum atomic E-state index is -0.726. The molecule has 0 aliphatic carbocycles. The lowest BCUT2D eigenvalue weighted by Crippen LogP contribution is -2.06. The number of esters is 1. The second-order valence-electron chi connectivity index (χ2n) is 5.33. The minimum Gasteiger partial charge on any atom is -0.452 e. The topological polar surface area (TPSA) is 108 Å². The average molecular weight is 418 g/mol. The molecular formula is C17H12BrN3O5. The number of rotatable bonds is 5. The van der Waals surface area contributed by atoms with Crippen LogP contribution >= 0.6 is 15.9 Å². The molecule has 9 heteroatoms. The molecule has 0 N–H and O–H groups in total. The van der Waals surface area contributed by atoms with E-state index in [2.05, 4.69) is 26.1 Å². The van der Waals surface area contributed by atoms with E-state index in [0.29, 0.717) is 5.82 Å². The first-order valence-corrected chi connectivity index (χ1v) is 8.24. The number of benzene rings is 2. The van der Waals surface area contributed by atoms with Crippen LogP contribution in [-0.4, -0.2) is 21.0 Å². The molecule has 1 aromatic heterocycles. The third-order valence-electron chi connectivity index (χ3n) is 3.56. The highest BCUT2D eigenvalue weighted by molar-refractivity contribution is 9.10. The number of ether oxygens (including phenoxy) is 1. The van der Waals surface area contributed by atoms with Crippen LogP contribution in [0.15, 0.2) is 51.5 Å². The fourth-order valence-corrected chi connectivity index (χ4v) is 2.63. The predicted molar refractivity (Wildman–Crippen MR) is 94.4 cm³/mol. The number of carbonyl (C=O) groups is 1. The van der Waals surface area contributed by atoms with Crippen LogP contribution in [0.5, 0.6) is 0 Å². The highest BCUT2D eigenvalue weighted by atomic mass is 79.9. The maximum atomic E-state index is 12.1. The van der Waals surface area contributed by atoms with E-state index in [1.54, 1.807) is 0 Å². The molecule has 0 spiro atoms. The first-order valence-electron chi connectivity index (χ1n) is 7.45. The number of halogens is 1. The van der Waals surface area contributed by atoms with E-state index >= 15 is 0 Å². The fraction of sp³-hybridized carbons (Fsp3) is 0.118. The number of hydrogen-bond donors (Lipinski definition) is 0. The summed E-state index contributed by atoms with van der Waals surface area (Å²) in [5, 5.41) is 14.8. The van der Waals surface area contributed by atoms with Gasteiger partial charge >= 0.3 is 5.97 Å². The van der Waals surface area contributed by atoms with E-state index in [1.165, 1.54) is 12.1 Å². The van der Waals surface area contributed by atoms with Gasteiger partial charge in [0.05, 0.1) is 15.0 Å². The quantitative estimate of drug-likeness (QED) is 0.349. The monoisotopic (exact) mass is 417 g/mol. The van der Waals surface area contributed by atoms with Crippen molar-refractivity contribution in [2.24, 2.45) is 0 Å². The summed E-state index contributed by atoms with van der Waals surface area (Å²) in [6.45, 7) is 1.69. The van der Waals surface area contributed by atoms with E-state index in [4.69, 9.17) is 9.26 Å². The van der Waals surface area contributed by atoms with Crippen LogP contribution < -0.4 is 0 Å². The van der Waals surface area contributed by atoms with Crippen molar-refractivity contribution in [3.05, 3.63) is 74.1 Å². The Labute approximate surface area is 156 Å². The Balaban J connectivity index is 1.70. The van der Waals surface area contributed by atoms with Crippen molar-refractivity contribution >= 4 is 27.6 Å². The van der Waals surface area contributed by atoms with Crippen molar-refractivity contribution in [2.45, 2.75) is 13.5 Å². The minimum absolute atomic E-state index is 0.0542. The Hall–Kier alpha value is -3.07. The van der Waals surface area contributed by atoms with Crippen LogP contribution in [0.1, 0.15) is 21.8 Å². The summed E-state index contributed by atoms with van der Waals surface area (Å²) in [4.78, 5) is 26.6. The molecule has 0 aliphatic heterocycles. The Morgan fingerprint density at radius 1 is 1.31 bits per heavy atom. The van der Waals surface area contributed by atoms with Gasteiger partial charge in [0.1, 0.15) is 0 Å². The summed E-state index contributed by atoms with van der Waals surface area (Å²) in [5.74, 6) is -0.201. The van der Waals surface area contributed by atoms with Crippen LogP contribution in [0, 0.1) is 17.0 Å². The maximum absolute atomic E-state index is 12.1. The highest BCUT2D eigenvalue weighted by Gasteiger charge is 2.18. The fourth-order valence-electron chi connectivity index (χ4n) is 2.24. The second kappa shape index (κ2) is 7.44. The number of hydrogen-bond acceptors (Lipinski definition) is 7. The molecule has 26 heavy (non-hydrogen) atoms. The van der Waals surface area contributed by atoms with Crippen LogP contribution in [0.25, 0.3) is 11.4 Å². The third-order valence-corrected chi connectivity index (χ3v) is 4.23. The van der Waals surface area contributed by atoms with Gasteiger partial charge < -0.3 is 9.26 Å². The molecule has 0 radical (unpaired) electrons. The van der Waals surface area contributed by atoms with Crippen molar-refractivity contribution in [3.63, 3.8) is 0 Å². The lowest BCUT2D eigenvalue weighted by molar-refractivity contribution is -0.385. The first-order chi connectivity index (χ1) is 12.5. The van der Waals surface area contributed by atoms with Crippen molar-refractivity contribution in [1.82, 2.24) is 10.1 Å². The lowest BCUT2D eigenvalue weighted by atomic mass is 10.1. The smallest absolute Gasteiger partial charge is 0.338 e. The van der Waals surface area contributed by atoms with Gasteiger partial charge in [0.25, 0.3) is 11.6 Å². The Morgan fingerprint density at radius 3 is 2.81 bits per heavy atom. The van der Waals surface area contributed by atoms with Gasteiger partial charge in [-0.25, -0.2) is 4.79 Å². The van der Waals surface area contributed by atoms with Crippen molar-refractivity contribution in [3.8, 4) is 11.4 Å². The number of carbonyl (C=O) groups excluding carboxylic acids is 1. The van der Waals surface area contributed by atoms with Gasteiger partial charge in [-0.2, -0.15) is 4.98 Å². The van der Waals surface area contributed by atoms with Crippen LogP contribution in [0.4, 0.5) is 5.69 Å². The van der Waals surface area contributed by atoms with Crippen LogP contribution in [-0.2, 0) is 11.3 Å². The van der Waals surface area contributed by atoms with Gasteiger partial charge in [-0.15, -0.1) is 0 Å². The maximum Gasteiger partial charge on any atom is 0.338 e. The van der Waals surface area contributed by atoms with E-state index in [-0.39, 0.29) is 28.2 Å². The first kappa shape index (κ1) is 17.7. The summed E-state index contributed by atoms with van der Waals surface area (Å²) in [5.41, 5.74) is 1.63. The molecule has 1 heterocycles. The number of nitrogens with zero attached hydrogens (tertiary/aromatic N) is 3.